The number of esters is 1. The minimum absolute atomic E-state index is 0.0180. The molecule has 0 radical (unpaired) electrons. The molecule has 3 unspecified atom stereocenters. The highest BCUT2D eigenvalue weighted by Crippen LogP contribution is 2.38. The van der Waals surface area contributed by atoms with Gasteiger partial charge in [0, 0.05) is 12.8 Å². The SMILES string of the molecule is CCCCCCCC/C=C/CCCCCCCCCCCCCCCC(=O)NC(COP(=O)([O-])OCC[N+](C)(C)C)C(/C=C/CCCCCCCCCCC)OC(=O)CCCCCCCCCCCCCCCCCCCCCCCCCCC. The first kappa shape index (κ1) is 83.5. The second-order valence-corrected chi connectivity index (χ2v) is 28.6. The quantitative estimate of drug-likeness (QED) is 0.0212. The summed E-state index contributed by atoms with van der Waals surface area (Å²) in [5.74, 6) is -0.517. The predicted molar refractivity (Wildman–Crippen MR) is 367 cm³/mol. The Morgan fingerprint density at radius 1 is 0.400 bits per heavy atom. The standard InChI is InChI=1S/C75H147N2O7P/c1-7-10-13-16-19-22-25-27-29-31-33-35-37-38-40-42-44-46-48-50-53-56-59-62-65-68-75(79)84-73(66-63-60-57-54-51-24-21-18-15-12-9-3)72(71-83-85(80,81)82-70-69-77(4,5)6)76-74(78)67-64-61-58-55-52-49-47-45-43-41-39-36-34-32-30-28-26-23-20-17-14-11-8-2/h28,30,63,66,72-73H,7-27,29,31-62,64-65,67-71H2,1-6H3,(H-,76,78,80,81)/b30-28+,66-63+. The van der Waals surface area contributed by atoms with E-state index in [1.54, 1.807) is 0 Å². The summed E-state index contributed by atoms with van der Waals surface area (Å²) in [5, 5.41) is 3.05. The number of carbonyl (C=O) groups excluding carboxylic acids is 2. The molecule has 3 atom stereocenters. The van der Waals surface area contributed by atoms with Crippen molar-refractivity contribution in [2.75, 3.05) is 40.9 Å². The summed E-state index contributed by atoms with van der Waals surface area (Å²) in [6.07, 6.45) is 80.3. The first-order valence-corrected chi connectivity index (χ1v) is 39.1. The molecule has 0 rings (SSSR count). The van der Waals surface area contributed by atoms with E-state index >= 15 is 0 Å². The van der Waals surface area contributed by atoms with E-state index in [9.17, 15) is 19.0 Å². The zero-order chi connectivity index (χ0) is 62.1. The lowest BCUT2D eigenvalue weighted by molar-refractivity contribution is -0.870. The van der Waals surface area contributed by atoms with E-state index in [0.717, 1.165) is 57.8 Å². The Balaban J connectivity index is 4.91. The first-order valence-electron chi connectivity index (χ1n) is 37.6. The van der Waals surface area contributed by atoms with Gasteiger partial charge in [-0.3, -0.25) is 14.2 Å². The zero-order valence-corrected chi connectivity index (χ0v) is 58.7. The monoisotopic (exact) mass is 1220 g/mol. The molecule has 0 aromatic carbocycles. The van der Waals surface area contributed by atoms with Gasteiger partial charge in [0.1, 0.15) is 19.3 Å². The molecular weight excluding hydrogens is 1070 g/mol. The predicted octanol–water partition coefficient (Wildman–Crippen LogP) is 23.4. The maximum atomic E-state index is 13.6. The molecule has 0 heterocycles. The van der Waals surface area contributed by atoms with Gasteiger partial charge >= 0.3 is 5.97 Å². The second kappa shape index (κ2) is 65.4. The largest absolute Gasteiger partial charge is 0.756 e. The van der Waals surface area contributed by atoms with Crippen LogP contribution in [0.1, 0.15) is 393 Å². The fraction of sp³-hybridized carbons (Fsp3) is 0.920. The average molecular weight is 1220 g/mol. The summed E-state index contributed by atoms with van der Waals surface area (Å²) in [5.41, 5.74) is 0. The third kappa shape index (κ3) is 66.7. The van der Waals surface area contributed by atoms with Crippen molar-refractivity contribution >= 4 is 19.7 Å². The highest BCUT2D eigenvalue weighted by Gasteiger charge is 2.27. The Morgan fingerprint density at radius 3 is 1.00 bits per heavy atom. The zero-order valence-electron chi connectivity index (χ0n) is 57.8. The Labute approximate surface area is 530 Å². The molecule has 0 aliphatic rings. The fourth-order valence-corrected chi connectivity index (χ4v) is 12.3. The van der Waals surface area contributed by atoms with Crippen LogP contribution in [-0.2, 0) is 27.9 Å². The van der Waals surface area contributed by atoms with Gasteiger partial charge < -0.3 is 28.5 Å². The molecule has 85 heavy (non-hydrogen) atoms. The molecule has 0 aromatic heterocycles. The molecule has 0 aliphatic carbocycles. The second-order valence-electron chi connectivity index (χ2n) is 27.2. The summed E-state index contributed by atoms with van der Waals surface area (Å²) in [6, 6.07) is -0.883. The number of amides is 1. The fourth-order valence-electron chi connectivity index (χ4n) is 11.6. The van der Waals surface area contributed by atoms with Gasteiger partial charge in [-0.2, -0.15) is 0 Å². The summed E-state index contributed by atoms with van der Waals surface area (Å²) in [6.45, 7) is 6.91. The number of likely N-dealkylation sites (N-methyl/N-ethyl adjacent to an activating group) is 1. The van der Waals surface area contributed by atoms with Gasteiger partial charge in [0.15, 0.2) is 0 Å². The molecule has 0 spiro atoms. The van der Waals surface area contributed by atoms with Crippen LogP contribution in [0, 0.1) is 0 Å². The minimum Gasteiger partial charge on any atom is -0.756 e. The highest BCUT2D eigenvalue weighted by atomic mass is 31.2. The molecule has 10 heteroatoms. The van der Waals surface area contributed by atoms with Crippen molar-refractivity contribution in [3.8, 4) is 0 Å². The number of carbonyl (C=O) groups is 2. The molecule has 0 bridgehead atoms. The van der Waals surface area contributed by atoms with Gasteiger partial charge in [-0.25, -0.2) is 0 Å². The van der Waals surface area contributed by atoms with E-state index < -0.39 is 20.0 Å². The number of phosphoric acid groups is 1. The van der Waals surface area contributed by atoms with Crippen molar-refractivity contribution in [2.45, 2.75) is 405 Å². The van der Waals surface area contributed by atoms with Gasteiger partial charge in [-0.15, -0.1) is 0 Å². The van der Waals surface area contributed by atoms with Crippen molar-refractivity contribution < 1.29 is 37.3 Å². The number of nitrogens with zero attached hydrogens (tertiary/aromatic N) is 1. The maximum Gasteiger partial charge on any atom is 0.306 e. The molecule has 9 nitrogen and oxygen atoms in total. The Kier molecular flexibility index (Phi) is 64.3. The normalized spacial score (nSPS) is 13.5. The number of unbranched alkanes of at least 4 members (excludes halogenated alkanes) is 52. The Morgan fingerprint density at radius 2 is 0.682 bits per heavy atom. The molecular formula is C75H147N2O7P. The number of phosphoric ester groups is 1. The summed E-state index contributed by atoms with van der Waals surface area (Å²) < 4.78 is 30.5. The van der Waals surface area contributed by atoms with Crippen LogP contribution in [0.4, 0.5) is 0 Å². The lowest BCUT2D eigenvalue weighted by Crippen LogP contribution is -2.47. The van der Waals surface area contributed by atoms with Gasteiger partial charge in [0.25, 0.3) is 7.82 Å². The van der Waals surface area contributed by atoms with E-state index in [2.05, 4.69) is 38.2 Å². The van der Waals surface area contributed by atoms with Crippen LogP contribution in [0.2, 0.25) is 0 Å². The van der Waals surface area contributed by atoms with Crippen LogP contribution in [0.3, 0.4) is 0 Å². The number of quaternary nitrogens is 1. The number of hydrogen-bond acceptors (Lipinski definition) is 7. The van der Waals surface area contributed by atoms with Gasteiger partial charge in [0.05, 0.1) is 33.8 Å². The van der Waals surface area contributed by atoms with Crippen LogP contribution < -0.4 is 10.2 Å². The molecule has 1 N–H and O–H groups in total. The van der Waals surface area contributed by atoms with Gasteiger partial charge in [0.2, 0.25) is 5.91 Å². The van der Waals surface area contributed by atoms with Gasteiger partial charge in [-0.05, 0) is 57.4 Å². The molecule has 1 amide bonds. The number of nitrogens with one attached hydrogen (secondary N) is 1. The number of hydrogen-bond donors (Lipinski definition) is 1. The summed E-state index contributed by atoms with van der Waals surface area (Å²) >= 11 is 0. The lowest BCUT2D eigenvalue weighted by Gasteiger charge is -2.30. The average Bonchev–Trinajstić information content (AvgIpc) is 3.62. The molecule has 0 aromatic rings. The van der Waals surface area contributed by atoms with Crippen molar-refractivity contribution in [1.29, 1.82) is 0 Å². The molecule has 0 saturated carbocycles. The van der Waals surface area contributed by atoms with Crippen molar-refractivity contribution in [1.82, 2.24) is 5.32 Å². The Hall–Kier alpha value is -1.51. The Bertz CT molecular complexity index is 1500. The number of rotatable bonds is 70. The smallest absolute Gasteiger partial charge is 0.306 e. The van der Waals surface area contributed by atoms with Crippen LogP contribution in [0.15, 0.2) is 24.3 Å². The van der Waals surface area contributed by atoms with E-state index in [1.165, 1.54) is 302 Å². The van der Waals surface area contributed by atoms with Crippen LogP contribution in [-0.4, -0.2) is 69.4 Å². The molecule has 0 aliphatic heterocycles. The van der Waals surface area contributed by atoms with Crippen LogP contribution in [0.5, 0.6) is 0 Å². The molecule has 0 fully saturated rings. The number of ether oxygens (including phenoxy) is 1. The van der Waals surface area contributed by atoms with Crippen LogP contribution in [0.25, 0.3) is 0 Å². The topological polar surface area (TPSA) is 114 Å². The number of allylic oxidation sites excluding steroid dienone is 3. The third-order valence-corrected chi connectivity index (χ3v) is 18.3. The summed E-state index contributed by atoms with van der Waals surface area (Å²) in [4.78, 5) is 40.2. The summed E-state index contributed by atoms with van der Waals surface area (Å²) in [7, 11) is 1.21. The minimum atomic E-state index is -4.70. The molecule has 0 saturated heterocycles. The third-order valence-electron chi connectivity index (χ3n) is 17.4. The van der Waals surface area contributed by atoms with Crippen molar-refractivity contribution in [3.05, 3.63) is 24.3 Å². The van der Waals surface area contributed by atoms with E-state index in [1.807, 2.05) is 33.3 Å². The highest BCUT2D eigenvalue weighted by molar-refractivity contribution is 7.45. The van der Waals surface area contributed by atoms with Crippen molar-refractivity contribution in [2.24, 2.45) is 0 Å². The lowest BCUT2D eigenvalue weighted by atomic mass is 10.0. The maximum absolute atomic E-state index is 13.6. The molecule has 504 valence electrons. The van der Waals surface area contributed by atoms with Crippen LogP contribution >= 0.6 is 7.82 Å². The van der Waals surface area contributed by atoms with E-state index in [4.69, 9.17) is 13.8 Å². The van der Waals surface area contributed by atoms with Crippen molar-refractivity contribution in [3.63, 3.8) is 0 Å². The first-order chi connectivity index (χ1) is 41.4. The van der Waals surface area contributed by atoms with E-state index in [0.29, 0.717) is 17.4 Å². The van der Waals surface area contributed by atoms with Gasteiger partial charge in [-0.1, -0.05) is 347 Å². The van der Waals surface area contributed by atoms with E-state index in [-0.39, 0.29) is 31.5 Å².